The Kier molecular flexibility index (Phi) is 4.24. The van der Waals surface area contributed by atoms with E-state index in [1.54, 1.807) is 0 Å². The van der Waals surface area contributed by atoms with Crippen LogP contribution in [0.25, 0.3) is 22.3 Å². The second-order valence-corrected chi connectivity index (χ2v) is 5.33. The van der Waals surface area contributed by atoms with Crippen molar-refractivity contribution >= 4 is 23.1 Å². The van der Waals surface area contributed by atoms with E-state index in [-0.39, 0.29) is 0 Å². The predicted molar refractivity (Wildman–Crippen MR) is 96.7 cm³/mol. The molecule has 0 unspecified atom stereocenters. The van der Waals surface area contributed by atoms with E-state index in [4.69, 9.17) is 12.2 Å². The summed E-state index contributed by atoms with van der Waals surface area (Å²) in [6.45, 7) is 2.10. The van der Waals surface area contributed by atoms with Crippen LogP contribution in [0.2, 0.25) is 0 Å². The number of benzene rings is 3. The molecule has 3 aromatic carbocycles. The highest BCUT2D eigenvalue weighted by atomic mass is 32.1. The third-order valence-electron chi connectivity index (χ3n) is 3.58. The van der Waals surface area contributed by atoms with Crippen molar-refractivity contribution in [3.05, 3.63) is 78.4 Å². The molecule has 0 saturated carbocycles. The Morgan fingerprint density at radius 2 is 1.23 bits per heavy atom. The van der Waals surface area contributed by atoms with Crippen LogP contribution >= 0.6 is 12.2 Å². The number of rotatable bonds is 3. The van der Waals surface area contributed by atoms with Crippen LogP contribution in [-0.2, 0) is 0 Å². The zero-order valence-electron chi connectivity index (χ0n) is 12.3. The van der Waals surface area contributed by atoms with E-state index in [1.165, 1.54) is 5.56 Å². The van der Waals surface area contributed by atoms with Gasteiger partial charge in [-0.2, -0.15) is 4.99 Å². The number of nitrogens with zero attached hydrogens (tertiary/aromatic N) is 1. The SMILES string of the molecule is Cc1cc(-c2ccccc2)c(N=C=S)c(-c2ccccc2)c1. The summed E-state index contributed by atoms with van der Waals surface area (Å²) in [6.07, 6.45) is 0. The van der Waals surface area contributed by atoms with Gasteiger partial charge in [0.05, 0.1) is 10.8 Å². The fourth-order valence-corrected chi connectivity index (χ4v) is 2.71. The van der Waals surface area contributed by atoms with Gasteiger partial charge in [0.15, 0.2) is 0 Å². The summed E-state index contributed by atoms with van der Waals surface area (Å²) in [5, 5.41) is 2.53. The van der Waals surface area contributed by atoms with Crippen molar-refractivity contribution in [3.63, 3.8) is 0 Å². The van der Waals surface area contributed by atoms with Crippen molar-refractivity contribution in [3.8, 4) is 22.3 Å². The van der Waals surface area contributed by atoms with Crippen LogP contribution < -0.4 is 0 Å². The molecular weight excluding hydrogens is 286 g/mol. The molecule has 0 spiro atoms. The van der Waals surface area contributed by atoms with Gasteiger partial charge < -0.3 is 0 Å². The Labute approximate surface area is 136 Å². The van der Waals surface area contributed by atoms with E-state index in [2.05, 4.69) is 53.5 Å². The van der Waals surface area contributed by atoms with Crippen molar-refractivity contribution in [1.82, 2.24) is 0 Å². The van der Waals surface area contributed by atoms with Crippen molar-refractivity contribution < 1.29 is 0 Å². The van der Waals surface area contributed by atoms with Gasteiger partial charge in [-0.25, -0.2) is 0 Å². The maximum absolute atomic E-state index is 4.87. The van der Waals surface area contributed by atoms with Crippen molar-refractivity contribution in [2.24, 2.45) is 4.99 Å². The number of aliphatic imine (C=N–C) groups is 1. The first kappa shape index (κ1) is 14.4. The smallest absolute Gasteiger partial charge is 0.0896 e. The molecule has 0 saturated heterocycles. The van der Waals surface area contributed by atoms with Gasteiger partial charge in [-0.1, -0.05) is 60.7 Å². The number of isothiocyanates is 1. The van der Waals surface area contributed by atoms with E-state index in [0.717, 1.165) is 27.9 Å². The van der Waals surface area contributed by atoms with Gasteiger partial charge >= 0.3 is 0 Å². The van der Waals surface area contributed by atoms with Crippen LogP contribution in [-0.4, -0.2) is 5.16 Å². The van der Waals surface area contributed by atoms with Crippen molar-refractivity contribution in [2.45, 2.75) is 6.92 Å². The van der Waals surface area contributed by atoms with Crippen LogP contribution in [0.1, 0.15) is 5.56 Å². The molecule has 0 aliphatic carbocycles. The summed E-state index contributed by atoms with van der Waals surface area (Å²) < 4.78 is 0. The number of thiocarbonyl (C=S) groups is 1. The van der Waals surface area contributed by atoms with Gasteiger partial charge in [0, 0.05) is 11.1 Å². The second-order valence-electron chi connectivity index (χ2n) is 5.14. The number of hydrogen-bond acceptors (Lipinski definition) is 2. The Balaban J connectivity index is 2.32. The summed E-state index contributed by atoms with van der Waals surface area (Å²) in [4.78, 5) is 4.37. The van der Waals surface area contributed by atoms with Gasteiger partial charge in [-0.3, -0.25) is 0 Å². The topological polar surface area (TPSA) is 12.4 Å². The lowest BCUT2D eigenvalue weighted by Crippen LogP contribution is -1.87. The van der Waals surface area contributed by atoms with Crippen LogP contribution in [0, 0.1) is 6.92 Å². The summed E-state index contributed by atoms with van der Waals surface area (Å²) in [7, 11) is 0. The van der Waals surface area contributed by atoms with Crippen LogP contribution in [0.5, 0.6) is 0 Å². The molecule has 22 heavy (non-hydrogen) atoms. The van der Waals surface area contributed by atoms with Gasteiger partial charge in [0.1, 0.15) is 0 Å². The van der Waals surface area contributed by atoms with Crippen LogP contribution in [0.3, 0.4) is 0 Å². The maximum Gasteiger partial charge on any atom is 0.0896 e. The number of aryl methyl sites for hydroxylation is 1. The molecule has 0 amide bonds. The minimum atomic E-state index is 0.873. The molecular formula is C20H15NS. The van der Waals surface area contributed by atoms with Gasteiger partial charge in [0.25, 0.3) is 0 Å². The minimum absolute atomic E-state index is 0.873. The highest BCUT2D eigenvalue weighted by molar-refractivity contribution is 7.78. The molecule has 0 N–H and O–H groups in total. The normalized spacial score (nSPS) is 10.0. The summed E-state index contributed by atoms with van der Waals surface area (Å²) in [6, 6.07) is 24.8. The molecule has 2 heteroatoms. The molecule has 0 atom stereocenters. The first-order chi connectivity index (χ1) is 10.8. The van der Waals surface area contributed by atoms with Gasteiger partial charge in [0.2, 0.25) is 0 Å². The quantitative estimate of drug-likeness (QED) is 0.423. The first-order valence-corrected chi connectivity index (χ1v) is 7.54. The monoisotopic (exact) mass is 301 g/mol. The highest BCUT2D eigenvalue weighted by Crippen LogP contribution is 2.39. The highest BCUT2D eigenvalue weighted by Gasteiger charge is 2.12. The lowest BCUT2D eigenvalue weighted by Gasteiger charge is -2.13. The standard InChI is InChI=1S/C20H15NS/c1-15-12-18(16-8-4-2-5-9-16)20(21-14-22)19(13-15)17-10-6-3-7-11-17/h2-13H,1H3. The largest absolute Gasteiger partial charge is 0.193 e. The lowest BCUT2D eigenvalue weighted by molar-refractivity contribution is 1.43. The molecule has 0 aromatic heterocycles. The van der Waals surface area contributed by atoms with Crippen LogP contribution in [0.15, 0.2) is 77.8 Å². The molecule has 106 valence electrons. The fourth-order valence-electron chi connectivity index (χ4n) is 2.62. The zero-order valence-corrected chi connectivity index (χ0v) is 13.1. The Morgan fingerprint density at radius 3 is 1.64 bits per heavy atom. The first-order valence-electron chi connectivity index (χ1n) is 7.13. The molecule has 3 rings (SSSR count). The molecule has 0 fully saturated rings. The maximum atomic E-state index is 4.87. The van der Waals surface area contributed by atoms with E-state index in [9.17, 15) is 0 Å². The van der Waals surface area contributed by atoms with Gasteiger partial charge in [-0.15, -0.1) is 0 Å². The molecule has 0 aliphatic heterocycles. The lowest BCUT2D eigenvalue weighted by atomic mass is 9.94. The molecule has 0 radical (unpaired) electrons. The van der Waals surface area contributed by atoms with Crippen LogP contribution in [0.4, 0.5) is 5.69 Å². The Hall–Kier alpha value is -2.54. The third-order valence-corrected chi connectivity index (χ3v) is 3.67. The van der Waals surface area contributed by atoms with Crippen molar-refractivity contribution in [1.29, 1.82) is 0 Å². The molecule has 0 bridgehead atoms. The Bertz CT molecular complexity index is 772. The van der Waals surface area contributed by atoms with E-state index >= 15 is 0 Å². The summed E-state index contributed by atoms with van der Waals surface area (Å²) >= 11 is 4.87. The van der Waals surface area contributed by atoms with Crippen molar-refractivity contribution in [2.75, 3.05) is 0 Å². The van der Waals surface area contributed by atoms with E-state index in [1.807, 2.05) is 36.4 Å². The molecule has 1 nitrogen and oxygen atoms in total. The Morgan fingerprint density at radius 1 is 0.773 bits per heavy atom. The average molecular weight is 301 g/mol. The predicted octanol–water partition coefficient (Wildman–Crippen LogP) is 6.06. The summed E-state index contributed by atoms with van der Waals surface area (Å²) in [5.41, 5.74) is 6.49. The summed E-state index contributed by atoms with van der Waals surface area (Å²) in [5.74, 6) is 0. The minimum Gasteiger partial charge on any atom is -0.193 e. The molecule has 3 aromatic rings. The molecule has 0 heterocycles. The van der Waals surface area contributed by atoms with Gasteiger partial charge in [-0.05, 0) is 48.0 Å². The average Bonchev–Trinajstić information content (AvgIpc) is 2.58. The molecule has 0 aliphatic rings. The van der Waals surface area contributed by atoms with E-state index in [0.29, 0.717) is 0 Å². The third kappa shape index (κ3) is 2.89. The fraction of sp³-hybridized carbons (Fsp3) is 0.0500. The zero-order chi connectivity index (χ0) is 15.4. The second kappa shape index (κ2) is 6.48. The number of hydrogen-bond donors (Lipinski definition) is 0. The van der Waals surface area contributed by atoms with E-state index < -0.39 is 0 Å².